The van der Waals surface area contributed by atoms with Crippen LogP contribution in [-0.4, -0.2) is 19.0 Å². The van der Waals surface area contributed by atoms with Gasteiger partial charge in [-0.3, -0.25) is 4.79 Å². The van der Waals surface area contributed by atoms with Crippen LogP contribution in [0.15, 0.2) is 34.1 Å². The molecule has 1 aromatic rings. The van der Waals surface area contributed by atoms with Crippen LogP contribution < -0.4 is 0 Å². The summed E-state index contributed by atoms with van der Waals surface area (Å²) >= 11 is 0. The van der Waals surface area contributed by atoms with Gasteiger partial charge in [-0.15, -0.1) is 0 Å². The van der Waals surface area contributed by atoms with Gasteiger partial charge >= 0.3 is 0 Å². The van der Waals surface area contributed by atoms with Crippen molar-refractivity contribution < 1.29 is 18.7 Å². The summed E-state index contributed by atoms with van der Waals surface area (Å²) in [6, 6.07) is 3.50. The zero-order valence-corrected chi connectivity index (χ0v) is 12.6. The predicted octanol–water partition coefficient (Wildman–Crippen LogP) is 3.57. The second-order valence-electron chi connectivity index (χ2n) is 5.27. The fourth-order valence-corrected chi connectivity index (χ4v) is 2.53. The van der Waals surface area contributed by atoms with E-state index in [1.54, 1.807) is 18.4 Å². The highest BCUT2D eigenvalue weighted by Crippen LogP contribution is 2.48. The summed E-state index contributed by atoms with van der Waals surface area (Å²) in [6.45, 7) is 5.98. The molecule has 0 spiro atoms. The van der Waals surface area contributed by atoms with Crippen LogP contribution in [0.2, 0.25) is 0 Å². The molecule has 0 fully saturated rings. The molecule has 1 aliphatic carbocycles. The number of methoxy groups -OCH3 is 1. The SMILES string of the molecule is CCCCC1=C(OC(C)C)C(OC)(c2ccco2)C1=O. The van der Waals surface area contributed by atoms with Gasteiger partial charge < -0.3 is 13.9 Å². The second-order valence-corrected chi connectivity index (χ2v) is 5.27. The maximum absolute atomic E-state index is 12.6. The van der Waals surface area contributed by atoms with Crippen molar-refractivity contribution in [2.24, 2.45) is 0 Å². The minimum absolute atomic E-state index is 0.0146. The lowest BCUT2D eigenvalue weighted by atomic mass is 9.73. The van der Waals surface area contributed by atoms with Gasteiger partial charge in [0.1, 0.15) is 0 Å². The molecule has 0 aromatic carbocycles. The molecule has 1 heterocycles. The Morgan fingerprint density at radius 2 is 2.15 bits per heavy atom. The van der Waals surface area contributed by atoms with Crippen molar-refractivity contribution in [2.75, 3.05) is 7.11 Å². The van der Waals surface area contributed by atoms with Gasteiger partial charge in [0.15, 0.2) is 11.5 Å². The lowest BCUT2D eigenvalue weighted by molar-refractivity contribution is -0.151. The van der Waals surface area contributed by atoms with E-state index in [0.717, 1.165) is 24.8 Å². The molecular weight excluding hydrogens is 256 g/mol. The van der Waals surface area contributed by atoms with E-state index in [0.29, 0.717) is 11.5 Å². The van der Waals surface area contributed by atoms with E-state index in [9.17, 15) is 4.79 Å². The fourth-order valence-electron chi connectivity index (χ4n) is 2.53. The Balaban J connectivity index is 2.42. The van der Waals surface area contributed by atoms with Gasteiger partial charge in [0.05, 0.1) is 12.4 Å². The Morgan fingerprint density at radius 1 is 1.40 bits per heavy atom. The summed E-state index contributed by atoms with van der Waals surface area (Å²) in [5.41, 5.74) is -0.449. The highest BCUT2D eigenvalue weighted by molar-refractivity contribution is 6.11. The first-order valence-electron chi connectivity index (χ1n) is 7.12. The van der Waals surface area contributed by atoms with E-state index >= 15 is 0 Å². The Kier molecular flexibility index (Phi) is 4.33. The number of hydrogen-bond donors (Lipinski definition) is 0. The Morgan fingerprint density at radius 3 is 2.65 bits per heavy atom. The van der Waals surface area contributed by atoms with Crippen molar-refractivity contribution >= 4 is 5.78 Å². The van der Waals surface area contributed by atoms with Crippen molar-refractivity contribution in [2.45, 2.75) is 51.7 Å². The maximum atomic E-state index is 12.6. The van der Waals surface area contributed by atoms with Crippen molar-refractivity contribution in [1.29, 1.82) is 0 Å². The van der Waals surface area contributed by atoms with E-state index in [4.69, 9.17) is 13.9 Å². The first-order valence-corrected chi connectivity index (χ1v) is 7.12. The summed E-state index contributed by atoms with van der Waals surface area (Å²) in [5.74, 6) is 1.06. The number of ether oxygens (including phenoxy) is 2. The summed E-state index contributed by atoms with van der Waals surface area (Å²) in [6.07, 6.45) is 4.25. The third-order valence-corrected chi connectivity index (χ3v) is 3.50. The van der Waals surface area contributed by atoms with Gasteiger partial charge in [0, 0.05) is 12.7 Å². The number of unbranched alkanes of at least 4 members (excludes halogenated alkanes) is 1. The monoisotopic (exact) mass is 278 g/mol. The lowest BCUT2D eigenvalue weighted by Crippen LogP contribution is -2.51. The molecule has 0 saturated heterocycles. The Labute approximate surface area is 119 Å². The van der Waals surface area contributed by atoms with E-state index in [1.165, 1.54) is 7.11 Å². The largest absolute Gasteiger partial charge is 0.491 e. The molecule has 1 aromatic heterocycles. The smallest absolute Gasteiger partial charge is 0.245 e. The third-order valence-electron chi connectivity index (χ3n) is 3.50. The molecule has 1 atom stereocenters. The van der Waals surface area contributed by atoms with Gasteiger partial charge in [-0.25, -0.2) is 0 Å². The second kappa shape index (κ2) is 5.83. The number of hydrogen-bond acceptors (Lipinski definition) is 4. The van der Waals surface area contributed by atoms with Crippen molar-refractivity contribution in [1.82, 2.24) is 0 Å². The van der Waals surface area contributed by atoms with Crippen LogP contribution in [-0.2, 0) is 19.9 Å². The molecule has 20 heavy (non-hydrogen) atoms. The van der Waals surface area contributed by atoms with Crippen molar-refractivity contribution in [3.63, 3.8) is 0 Å². The molecule has 4 heteroatoms. The van der Waals surface area contributed by atoms with Gasteiger partial charge in [0.2, 0.25) is 11.4 Å². The number of furan rings is 1. The highest BCUT2D eigenvalue weighted by atomic mass is 16.6. The standard InChI is InChI=1S/C16H22O4/c1-5-6-8-12-14(17)16(18-4,13-9-7-10-19-13)15(12)20-11(2)3/h7,9-11H,5-6,8H2,1-4H3. The number of Topliss-reactive ketones (excluding diaryl/α,β-unsaturated/α-hetero) is 1. The van der Waals surface area contributed by atoms with Gasteiger partial charge in [-0.05, 0) is 38.8 Å². The van der Waals surface area contributed by atoms with Gasteiger partial charge in [-0.2, -0.15) is 0 Å². The molecule has 0 radical (unpaired) electrons. The van der Waals surface area contributed by atoms with Crippen LogP contribution in [0.4, 0.5) is 0 Å². The summed E-state index contributed by atoms with van der Waals surface area (Å²) in [4.78, 5) is 12.6. The molecule has 110 valence electrons. The zero-order chi connectivity index (χ0) is 14.8. The van der Waals surface area contributed by atoms with Crippen LogP contribution in [0.25, 0.3) is 0 Å². The minimum atomic E-state index is -1.18. The van der Waals surface area contributed by atoms with Gasteiger partial charge in [-0.1, -0.05) is 13.3 Å². The lowest BCUT2D eigenvalue weighted by Gasteiger charge is -2.41. The average Bonchev–Trinajstić information content (AvgIpc) is 2.93. The first kappa shape index (κ1) is 14.9. The van der Waals surface area contributed by atoms with Crippen LogP contribution in [0.5, 0.6) is 0 Å². The molecule has 0 amide bonds. The Bertz CT molecular complexity index is 499. The average molecular weight is 278 g/mol. The van der Waals surface area contributed by atoms with E-state index in [1.807, 2.05) is 13.8 Å². The van der Waals surface area contributed by atoms with E-state index in [-0.39, 0.29) is 11.9 Å². The van der Waals surface area contributed by atoms with Crippen LogP contribution in [0, 0.1) is 0 Å². The molecule has 0 saturated carbocycles. The molecule has 1 unspecified atom stereocenters. The zero-order valence-electron chi connectivity index (χ0n) is 12.6. The molecule has 0 bridgehead atoms. The Hall–Kier alpha value is -1.55. The van der Waals surface area contributed by atoms with E-state index in [2.05, 4.69) is 6.92 Å². The van der Waals surface area contributed by atoms with Crippen molar-refractivity contribution in [3.8, 4) is 0 Å². The summed E-state index contributed by atoms with van der Waals surface area (Å²) in [7, 11) is 1.51. The van der Waals surface area contributed by atoms with Crippen LogP contribution in [0.3, 0.4) is 0 Å². The third kappa shape index (κ3) is 2.18. The molecule has 2 rings (SSSR count). The number of rotatable bonds is 7. The number of carbonyl (C=O) groups excluding carboxylic acids is 1. The molecular formula is C16H22O4. The van der Waals surface area contributed by atoms with E-state index < -0.39 is 5.60 Å². The normalized spacial score (nSPS) is 22.4. The summed E-state index contributed by atoms with van der Waals surface area (Å²) in [5, 5.41) is 0. The molecule has 0 aliphatic heterocycles. The maximum Gasteiger partial charge on any atom is 0.245 e. The molecule has 1 aliphatic rings. The van der Waals surface area contributed by atoms with Crippen LogP contribution >= 0.6 is 0 Å². The first-order chi connectivity index (χ1) is 9.57. The minimum Gasteiger partial charge on any atom is -0.491 e. The number of carbonyl (C=O) groups is 1. The fraction of sp³-hybridized carbons (Fsp3) is 0.562. The van der Waals surface area contributed by atoms with Crippen LogP contribution in [0.1, 0.15) is 45.8 Å². The van der Waals surface area contributed by atoms with Crippen molar-refractivity contribution in [3.05, 3.63) is 35.5 Å². The molecule has 4 nitrogen and oxygen atoms in total. The quantitative estimate of drug-likeness (QED) is 0.765. The summed E-state index contributed by atoms with van der Waals surface area (Å²) < 4.78 is 16.8. The van der Waals surface area contributed by atoms with Gasteiger partial charge in [0.25, 0.3) is 0 Å². The molecule has 0 N–H and O–H groups in total. The topological polar surface area (TPSA) is 48.7 Å². The highest BCUT2D eigenvalue weighted by Gasteiger charge is 2.59. The predicted molar refractivity (Wildman–Crippen MR) is 75.2 cm³/mol. The number of ketones is 1.